The van der Waals surface area contributed by atoms with Crippen molar-refractivity contribution < 1.29 is 31.1 Å². The maximum Gasteiger partial charge on any atom is 0.433 e. The van der Waals surface area contributed by atoms with E-state index in [1.165, 1.54) is 12.3 Å². The van der Waals surface area contributed by atoms with Crippen molar-refractivity contribution in [3.8, 4) is 11.7 Å². The van der Waals surface area contributed by atoms with E-state index in [-0.39, 0.29) is 18.0 Å². The van der Waals surface area contributed by atoms with Crippen molar-refractivity contribution in [1.29, 1.82) is 0 Å². The molecule has 12 heteroatoms. The van der Waals surface area contributed by atoms with E-state index in [2.05, 4.69) is 20.3 Å². The van der Waals surface area contributed by atoms with Gasteiger partial charge < -0.3 is 4.74 Å². The first-order valence-corrected chi connectivity index (χ1v) is 7.26. The van der Waals surface area contributed by atoms with Crippen molar-refractivity contribution in [1.82, 2.24) is 25.0 Å². The Balaban J connectivity index is 1.73. The topological polar surface area (TPSA) is 65.7 Å². The van der Waals surface area contributed by atoms with E-state index in [0.29, 0.717) is 6.07 Å². The first-order chi connectivity index (χ1) is 12.7. The summed E-state index contributed by atoms with van der Waals surface area (Å²) in [6.45, 7) is -0.315. The molecule has 1 aromatic carbocycles. The zero-order valence-corrected chi connectivity index (χ0v) is 13.2. The largest absolute Gasteiger partial charge is 0.457 e. The molecule has 0 N–H and O–H groups in total. The number of halogens is 6. The van der Waals surface area contributed by atoms with E-state index in [1.807, 2.05) is 0 Å². The number of aromatic nitrogens is 5. The first-order valence-electron chi connectivity index (χ1n) is 7.26. The van der Waals surface area contributed by atoms with Crippen LogP contribution in [0.5, 0.6) is 6.01 Å². The zero-order chi connectivity index (χ0) is 19.6. The highest BCUT2D eigenvalue weighted by molar-refractivity contribution is 5.36. The van der Waals surface area contributed by atoms with Crippen LogP contribution in [0, 0.1) is 5.82 Å². The lowest BCUT2D eigenvalue weighted by atomic mass is 10.2. The minimum Gasteiger partial charge on any atom is -0.457 e. The number of hydrogen-bond donors (Lipinski definition) is 0. The third kappa shape index (κ3) is 4.33. The molecule has 0 saturated carbocycles. The van der Waals surface area contributed by atoms with Crippen LogP contribution in [0.4, 0.5) is 26.3 Å². The molecule has 0 aliphatic carbocycles. The minimum absolute atomic E-state index is 0.126. The van der Waals surface area contributed by atoms with Crippen molar-refractivity contribution in [3.63, 3.8) is 0 Å². The van der Waals surface area contributed by atoms with E-state index < -0.39 is 35.7 Å². The molecule has 6 nitrogen and oxygen atoms in total. The Kier molecular flexibility index (Phi) is 4.97. The zero-order valence-electron chi connectivity index (χ0n) is 13.2. The Morgan fingerprint density at radius 1 is 1.15 bits per heavy atom. The fraction of sp³-hybridized carbons (Fsp3) is 0.200. The number of benzene rings is 1. The molecule has 0 amide bonds. The molecule has 0 bridgehead atoms. The van der Waals surface area contributed by atoms with Crippen LogP contribution >= 0.6 is 0 Å². The number of rotatable bonds is 5. The lowest BCUT2D eigenvalue weighted by molar-refractivity contribution is -0.141. The smallest absolute Gasteiger partial charge is 0.433 e. The second-order valence-electron chi connectivity index (χ2n) is 5.17. The summed E-state index contributed by atoms with van der Waals surface area (Å²) in [6.07, 6.45) is -5.47. The van der Waals surface area contributed by atoms with Gasteiger partial charge in [-0.1, -0.05) is 5.21 Å². The maximum absolute atomic E-state index is 13.3. The average molecular weight is 389 g/mol. The van der Waals surface area contributed by atoms with E-state index in [1.54, 1.807) is 0 Å². The van der Waals surface area contributed by atoms with Crippen molar-refractivity contribution >= 4 is 0 Å². The van der Waals surface area contributed by atoms with Crippen LogP contribution in [-0.4, -0.2) is 25.0 Å². The van der Waals surface area contributed by atoms with Gasteiger partial charge in [-0.2, -0.15) is 18.2 Å². The molecule has 0 fully saturated rings. The van der Waals surface area contributed by atoms with Crippen LogP contribution in [0.25, 0.3) is 5.69 Å². The first kappa shape index (κ1) is 18.6. The summed E-state index contributed by atoms with van der Waals surface area (Å²) < 4.78 is 82.7. The SMILES string of the molecule is Fc1ccc(-n2cc(COc3nccc(C(F)(F)F)n3)nn2)cc1C(F)F. The lowest BCUT2D eigenvalue weighted by Crippen LogP contribution is -2.10. The third-order valence-corrected chi connectivity index (χ3v) is 3.29. The molecule has 3 aromatic rings. The van der Waals surface area contributed by atoms with Gasteiger partial charge in [0.1, 0.15) is 18.1 Å². The molecular formula is C15H9F6N5O. The van der Waals surface area contributed by atoms with Gasteiger partial charge in [-0.3, -0.25) is 0 Å². The van der Waals surface area contributed by atoms with Gasteiger partial charge in [0, 0.05) is 6.20 Å². The van der Waals surface area contributed by atoms with Gasteiger partial charge in [0.25, 0.3) is 6.43 Å². The highest BCUT2D eigenvalue weighted by atomic mass is 19.4. The van der Waals surface area contributed by atoms with Gasteiger partial charge >= 0.3 is 12.2 Å². The van der Waals surface area contributed by atoms with Crippen LogP contribution in [0.2, 0.25) is 0 Å². The molecule has 0 saturated heterocycles. The molecule has 0 unspecified atom stereocenters. The molecule has 0 aliphatic heterocycles. The van der Waals surface area contributed by atoms with Crippen molar-refractivity contribution in [2.75, 3.05) is 0 Å². The van der Waals surface area contributed by atoms with E-state index in [9.17, 15) is 26.3 Å². The molecule has 0 aliphatic rings. The van der Waals surface area contributed by atoms with Crippen molar-refractivity contribution in [2.24, 2.45) is 0 Å². The van der Waals surface area contributed by atoms with E-state index >= 15 is 0 Å². The number of ether oxygens (including phenoxy) is 1. The van der Waals surface area contributed by atoms with Gasteiger partial charge in [-0.25, -0.2) is 22.8 Å². The van der Waals surface area contributed by atoms with Gasteiger partial charge in [0.15, 0.2) is 5.69 Å². The summed E-state index contributed by atoms with van der Waals surface area (Å²) in [7, 11) is 0. The van der Waals surface area contributed by atoms with Crippen LogP contribution in [0.15, 0.2) is 36.7 Å². The van der Waals surface area contributed by atoms with Crippen molar-refractivity contribution in [3.05, 3.63) is 59.4 Å². The normalized spacial score (nSPS) is 11.8. The highest BCUT2D eigenvalue weighted by Crippen LogP contribution is 2.28. The Bertz CT molecular complexity index is 942. The fourth-order valence-electron chi connectivity index (χ4n) is 2.04. The molecule has 2 heterocycles. The van der Waals surface area contributed by atoms with Gasteiger partial charge in [0.2, 0.25) is 0 Å². The summed E-state index contributed by atoms with van der Waals surface area (Å²) >= 11 is 0. The van der Waals surface area contributed by atoms with Crippen LogP contribution in [0.3, 0.4) is 0 Å². The molecule has 142 valence electrons. The second-order valence-corrected chi connectivity index (χ2v) is 5.17. The molecule has 0 radical (unpaired) electrons. The highest BCUT2D eigenvalue weighted by Gasteiger charge is 2.33. The predicted octanol–water partition coefficient (Wildman–Crippen LogP) is 3.73. The minimum atomic E-state index is -4.64. The van der Waals surface area contributed by atoms with Crippen molar-refractivity contribution in [2.45, 2.75) is 19.2 Å². The van der Waals surface area contributed by atoms with Crippen LogP contribution in [0.1, 0.15) is 23.4 Å². The predicted molar refractivity (Wildman–Crippen MR) is 77.6 cm³/mol. The number of nitrogens with zero attached hydrogens (tertiary/aromatic N) is 5. The van der Waals surface area contributed by atoms with Crippen LogP contribution < -0.4 is 4.74 Å². The molecule has 2 aromatic heterocycles. The summed E-state index contributed by atoms with van der Waals surface area (Å²) in [6, 6.07) is 3.18. The Hall–Kier alpha value is -3.18. The summed E-state index contributed by atoms with van der Waals surface area (Å²) in [5.74, 6) is -1.06. The second kappa shape index (κ2) is 7.21. The lowest BCUT2D eigenvalue weighted by Gasteiger charge is -2.07. The van der Waals surface area contributed by atoms with Gasteiger partial charge in [-0.15, -0.1) is 5.10 Å². The maximum atomic E-state index is 13.3. The summed E-state index contributed by atoms with van der Waals surface area (Å²) in [5, 5.41) is 7.39. The third-order valence-electron chi connectivity index (χ3n) is 3.29. The standard InChI is InChI=1S/C15H9F6N5O/c16-11-2-1-9(5-10(11)13(17)18)26-6-8(24-25-26)7-27-14-22-4-3-12(23-14)15(19,20)21/h1-6,13H,7H2. The van der Waals surface area contributed by atoms with Gasteiger partial charge in [-0.05, 0) is 24.3 Å². The monoisotopic (exact) mass is 389 g/mol. The molecule has 0 atom stereocenters. The quantitative estimate of drug-likeness (QED) is 0.622. The molecule has 27 heavy (non-hydrogen) atoms. The van der Waals surface area contributed by atoms with Gasteiger partial charge in [0.05, 0.1) is 17.4 Å². The fourth-order valence-corrected chi connectivity index (χ4v) is 2.04. The summed E-state index contributed by atoms with van der Waals surface area (Å²) in [5.41, 5.74) is -1.67. The van der Waals surface area contributed by atoms with Crippen LogP contribution in [-0.2, 0) is 12.8 Å². The molecule has 3 rings (SSSR count). The summed E-state index contributed by atoms with van der Waals surface area (Å²) in [4.78, 5) is 6.79. The molecular weight excluding hydrogens is 380 g/mol. The Labute approximate surface area is 147 Å². The average Bonchev–Trinajstić information content (AvgIpc) is 3.08. The Morgan fingerprint density at radius 3 is 2.63 bits per heavy atom. The number of alkyl halides is 5. The molecule has 0 spiro atoms. The number of hydrogen-bond acceptors (Lipinski definition) is 5. The van der Waals surface area contributed by atoms with E-state index in [0.717, 1.165) is 23.0 Å². The van der Waals surface area contributed by atoms with E-state index in [4.69, 9.17) is 4.74 Å². The Morgan fingerprint density at radius 2 is 1.93 bits per heavy atom.